The summed E-state index contributed by atoms with van der Waals surface area (Å²) in [6.07, 6.45) is 5.31. The maximum absolute atomic E-state index is 13.1. The van der Waals surface area contributed by atoms with Crippen molar-refractivity contribution in [1.82, 2.24) is 15.1 Å². The number of rotatable bonds is 12. The Morgan fingerprint density at radius 3 is 2.78 bits per heavy atom. The van der Waals surface area contributed by atoms with Crippen LogP contribution in [0.3, 0.4) is 0 Å². The number of hydrogen-bond acceptors (Lipinski definition) is 5. The molecule has 2 N–H and O–H groups in total. The third kappa shape index (κ3) is 6.45. The van der Waals surface area contributed by atoms with Crippen LogP contribution in [0.25, 0.3) is 0 Å². The van der Waals surface area contributed by atoms with E-state index in [-0.39, 0.29) is 18.0 Å². The van der Waals surface area contributed by atoms with Gasteiger partial charge in [-0.1, -0.05) is 30.7 Å². The second-order valence-electron chi connectivity index (χ2n) is 9.75. The second kappa shape index (κ2) is 12.9. The molecule has 0 bridgehead atoms. The number of ether oxygens (including phenoxy) is 1. The minimum Gasteiger partial charge on any atom is -0.382 e. The van der Waals surface area contributed by atoms with Crippen LogP contribution < -0.4 is 10.6 Å². The lowest BCUT2D eigenvalue weighted by atomic mass is 10.0. The van der Waals surface area contributed by atoms with Crippen molar-refractivity contribution in [3.8, 4) is 0 Å². The van der Waals surface area contributed by atoms with Gasteiger partial charge in [-0.25, -0.2) is 0 Å². The highest BCUT2D eigenvalue weighted by molar-refractivity contribution is 5.99. The van der Waals surface area contributed by atoms with Crippen molar-refractivity contribution >= 4 is 17.5 Å². The Morgan fingerprint density at radius 1 is 1.08 bits per heavy atom. The maximum atomic E-state index is 13.1. The van der Waals surface area contributed by atoms with Crippen molar-refractivity contribution < 1.29 is 14.3 Å². The van der Waals surface area contributed by atoms with Gasteiger partial charge in [0.25, 0.3) is 11.8 Å². The van der Waals surface area contributed by atoms with E-state index in [1.165, 1.54) is 19.3 Å². The zero-order chi connectivity index (χ0) is 25.3. The molecule has 7 nitrogen and oxygen atoms in total. The predicted molar refractivity (Wildman–Crippen MR) is 143 cm³/mol. The number of benzene rings is 2. The Morgan fingerprint density at radius 2 is 1.94 bits per heavy atom. The zero-order valence-electron chi connectivity index (χ0n) is 21.7. The van der Waals surface area contributed by atoms with Crippen LogP contribution in [0.5, 0.6) is 0 Å². The number of amides is 2. The molecule has 1 saturated heterocycles. The normalized spacial score (nSPS) is 19.8. The molecule has 2 atom stereocenters. The van der Waals surface area contributed by atoms with Gasteiger partial charge in [0.2, 0.25) is 0 Å². The molecular formula is C29H40N4O3. The molecule has 0 aromatic heterocycles. The Hall–Kier alpha value is -2.90. The average Bonchev–Trinajstić information content (AvgIpc) is 3.16. The van der Waals surface area contributed by atoms with Crippen molar-refractivity contribution in [2.75, 3.05) is 44.7 Å². The quantitative estimate of drug-likeness (QED) is 0.421. The summed E-state index contributed by atoms with van der Waals surface area (Å²) in [7, 11) is 0. The summed E-state index contributed by atoms with van der Waals surface area (Å²) in [6.45, 7) is 9.01. The van der Waals surface area contributed by atoms with Crippen LogP contribution in [0.15, 0.2) is 48.5 Å². The lowest BCUT2D eigenvalue weighted by Gasteiger charge is -2.33. The summed E-state index contributed by atoms with van der Waals surface area (Å²) in [4.78, 5) is 30.3. The molecule has 194 valence electrons. The minimum atomic E-state index is -0.278. The SMILES string of the molecule is CCOCCCN1C(=O)c2ccccc2C1Nc1cccc(C(=O)NCCCN2CCCCC2C)c1. The van der Waals surface area contributed by atoms with Crippen molar-refractivity contribution in [3.05, 3.63) is 65.2 Å². The fourth-order valence-corrected chi connectivity index (χ4v) is 5.22. The highest BCUT2D eigenvalue weighted by atomic mass is 16.5. The van der Waals surface area contributed by atoms with E-state index >= 15 is 0 Å². The first-order chi connectivity index (χ1) is 17.6. The van der Waals surface area contributed by atoms with Gasteiger partial charge in [0.1, 0.15) is 6.17 Å². The van der Waals surface area contributed by atoms with Crippen molar-refractivity contribution in [3.63, 3.8) is 0 Å². The smallest absolute Gasteiger partial charge is 0.256 e. The molecule has 4 rings (SSSR count). The Bertz CT molecular complexity index is 1030. The summed E-state index contributed by atoms with van der Waals surface area (Å²) in [5.74, 6) is -0.0432. The van der Waals surface area contributed by atoms with Crippen LogP contribution >= 0.6 is 0 Å². The molecule has 2 aliphatic rings. The number of nitrogens with one attached hydrogen (secondary N) is 2. The number of piperidine rings is 1. The van der Waals surface area contributed by atoms with Gasteiger partial charge in [-0.15, -0.1) is 0 Å². The molecule has 2 aromatic rings. The van der Waals surface area contributed by atoms with Gasteiger partial charge in [-0.3, -0.25) is 9.59 Å². The molecule has 2 amide bonds. The van der Waals surface area contributed by atoms with Crippen LogP contribution in [0.1, 0.15) is 78.4 Å². The van der Waals surface area contributed by atoms with E-state index in [4.69, 9.17) is 4.74 Å². The van der Waals surface area contributed by atoms with Crippen LogP contribution in [0.2, 0.25) is 0 Å². The largest absolute Gasteiger partial charge is 0.382 e. The molecule has 0 spiro atoms. The topological polar surface area (TPSA) is 73.9 Å². The highest BCUT2D eigenvalue weighted by Crippen LogP contribution is 2.34. The number of hydrogen-bond donors (Lipinski definition) is 2. The fraction of sp³-hybridized carbons (Fsp3) is 0.517. The Kier molecular flexibility index (Phi) is 9.36. The first-order valence-electron chi connectivity index (χ1n) is 13.4. The number of carbonyl (C=O) groups is 2. The number of anilines is 1. The standard InChI is InChI=1S/C29H40N4O3/c1-3-36-20-10-19-33-27(25-14-4-5-15-26(25)29(33)35)31-24-13-8-12-23(21-24)28(34)30-16-9-18-32-17-7-6-11-22(32)2/h4-5,8,12-15,21-22,27,31H,3,6-7,9-11,16-20H2,1-2H3,(H,30,34). The van der Waals surface area contributed by atoms with Crippen LogP contribution in [-0.4, -0.2) is 67.0 Å². The van der Waals surface area contributed by atoms with Gasteiger partial charge in [-0.05, 0) is 70.3 Å². The summed E-state index contributed by atoms with van der Waals surface area (Å²) < 4.78 is 5.48. The summed E-state index contributed by atoms with van der Waals surface area (Å²) >= 11 is 0. The molecule has 0 aliphatic carbocycles. The monoisotopic (exact) mass is 492 g/mol. The molecule has 0 radical (unpaired) electrons. The lowest BCUT2D eigenvalue weighted by molar-refractivity contribution is 0.0708. The molecule has 36 heavy (non-hydrogen) atoms. The molecule has 7 heteroatoms. The lowest BCUT2D eigenvalue weighted by Crippen LogP contribution is -2.39. The van der Waals surface area contributed by atoms with E-state index in [2.05, 4.69) is 22.5 Å². The van der Waals surface area contributed by atoms with Gasteiger partial charge in [0.15, 0.2) is 0 Å². The molecule has 1 fully saturated rings. The fourth-order valence-electron chi connectivity index (χ4n) is 5.22. The van der Waals surface area contributed by atoms with Crippen molar-refractivity contribution in [2.45, 2.75) is 58.2 Å². The first kappa shape index (κ1) is 26.2. The molecule has 2 heterocycles. The molecule has 2 aliphatic heterocycles. The number of fused-ring (bicyclic) bond motifs is 1. The van der Waals surface area contributed by atoms with E-state index < -0.39 is 0 Å². The zero-order valence-corrected chi connectivity index (χ0v) is 21.7. The van der Waals surface area contributed by atoms with Crippen molar-refractivity contribution in [2.24, 2.45) is 0 Å². The van der Waals surface area contributed by atoms with E-state index in [0.717, 1.165) is 42.7 Å². The number of carbonyl (C=O) groups excluding carboxylic acids is 2. The van der Waals surface area contributed by atoms with Crippen molar-refractivity contribution in [1.29, 1.82) is 0 Å². The number of nitrogens with zero attached hydrogens (tertiary/aromatic N) is 2. The van der Waals surface area contributed by atoms with E-state index in [1.807, 2.05) is 60.4 Å². The second-order valence-corrected chi connectivity index (χ2v) is 9.75. The first-order valence-corrected chi connectivity index (χ1v) is 13.4. The summed E-state index contributed by atoms with van der Waals surface area (Å²) in [5.41, 5.74) is 3.12. The van der Waals surface area contributed by atoms with Gasteiger partial charge in [-0.2, -0.15) is 0 Å². The summed E-state index contributed by atoms with van der Waals surface area (Å²) in [5, 5.41) is 6.58. The van der Waals surface area contributed by atoms with E-state index in [1.54, 1.807) is 0 Å². The average molecular weight is 493 g/mol. The molecule has 2 aromatic carbocycles. The predicted octanol–water partition coefficient (Wildman–Crippen LogP) is 4.67. The van der Waals surface area contributed by atoms with Crippen LogP contribution in [0.4, 0.5) is 5.69 Å². The molecular weight excluding hydrogens is 452 g/mol. The maximum Gasteiger partial charge on any atom is 0.256 e. The highest BCUT2D eigenvalue weighted by Gasteiger charge is 2.36. The third-order valence-electron chi connectivity index (χ3n) is 7.23. The van der Waals surface area contributed by atoms with Gasteiger partial charge >= 0.3 is 0 Å². The van der Waals surface area contributed by atoms with Gasteiger partial charge in [0.05, 0.1) is 0 Å². The minimum absolute atomic E-state index is 0.0246. The van der Waals surface area contributed by atoms with Crippen LogP contribution in [0, 0.1) is 0 Å². The molecule has 2 unspecified atom stereocenters. The van der Waals surface area contributed by atoms with Crippen LogP contribution in [-0.2, 0) is 4.74 Å². The Balaban J connectivity index is 1.36. The third-order valence-corrected chi connectivity index (χ3v) is 7.23. The number of likely N-dealkylation sites (tertiary alicyclic amines) is 1. The van der Waals surface area contributed by atoms with E-state index in [9.17, 15) is 9.59 Å². The van der Waals surface area contributed by atoms with Gasteiger partial charge < -0.3 is 25.2 Å². The van der Waals surface area contributed by atoms with E-state index in [0.29, 0.717) is 37.9 Å². The molecule has 0 saturated carbocycles. The Labute approximate surface area is 215 Å². The summed E-state index contributed by atoms with van der Waals surface area (Å²) in [6, 6.07) is 15.9. The van der Waals surface area contributed by atoms with Gasteiger partial charge in [0, 0.05) is 61.3 Å².